The van der Waals surface area contributed by atoms with Crippen molar-refractivity contribution >= 4 is 30.5 Å². The van der Waals surface area contributed by atoms with E-state index in [2.05, 4.69) is 17.9 Å². The van der Waals surface area contributed by atoms with Crippen molar-refractivity contribution in [1.82, 2.24) is 10.4 Å². The Balaban J connectivity index is 0. The summed E-state index contributed by atoms with van der Waals surface area (Å²) in [6.07, 6.45) is 0. The highest BCUT2D eigenvalue weighted by atomic mass is 32.1. The van der Waals surface area contributed by atoms with E-state index in [1.165, 1.54) is 6.92 Å². The van der Waals surface area contributed by atoms with Crippen LogP contribution in [0.2, 0.25) is 0 Å². The lowest BCUT2D eigenvalue weighted by atomic mass is 10.3. The van der Waals surface area contributed by atoms with Crippen molar-refractivity contribution < 1.29 is 14.7 Å². The number of hydrazine groups is 2. The van der Waals surface area contributed by atoms with Gasteiger partial charge >= 0.3 is 5.97 Å². The maximum absolute atomic E-state index is 10.3. The van der Waals surface area contributed by atoms with Gasteiger partial charge in [-0.25, -0.2) is 21.6 Å². The summed E-state index contributed by atoms with van der Waals surface area (Å²) in [5.41, 5.74) is 4.69. The van der Waals surface area contributed by atoms with Crippen LogP contribution in [-0.4, -0.2) is 39.9 Å². The molecule has 0 fully saturated rings. The minimum Gasteiger partial charge on any atom is -0.480 e. The third-order valence-electron chi connectivity index (χ3n) is 1.14. The molecular weight excluding hydrogens is 236 g/mol. The van der Waals surface area contributed by atoms with Crippen molar-refractivity contribution in [3.05, 3.63) is 0 Å². The SMILES string of the molecule is CC(=O)NC(CS)C(=O)O.N=C(N)N(N)N. The Bertz CT molecular complexity index is 259. The van der Waals surface area contributed by atoms with Crippen molar-refractivity contribution in [2.75, 3.05) is 5.75 Å². The van der Waals surface area contributed by atoms with E-state index in [0.717, 1.165) is 0 Å². The molecule has 10 heteroatoms. The fourth-order valence-corrected chi connectivity index (χ4v) is 0.678. The van der Waals surface area contributed by atoms with Gasteiger partial charge < -0.3 is 16.2 Å². The smallest absolute Gasteiger partial charge is 0.327 e. The molecule has 1 amide bonds. The molecule has 9 N–H and O–H groups in total. The third-order valence-corrected chi connectivity index (χ3v) is 1.50. The van der Waals surface area contributed by atoms with E-state index >= 15 is 0 Å². The van der Waals surface area contributed by atoms with Crippen LogP contribution in [0.25, 0.3) is 0 Å². The van der Waals surface area contributed by atoms with Crippen LogP contribution in [0.15, 0.2) is 0 Å². The summed E-state index contributed by atoms with van der Waals surface area (Å²) >= 11 is 3.73. The van der Waals surface area contributed by atoms with Crippen molar-refractivity contribution in [3.8, 4) is 0 Å². The highest BCUT2D eigenvalue weighted by Crippen LogP contribution is 1.86. The van der Waals surface area contributed by atoms with E-state index in [-0.39, 0.29) is 17.6 Å². The summed E-state index contributed by atoms with van der Waals surface area (Å²) in [4.78, 5) is 20.5. The molecule has 0 aliphatic heterocycles. The van der Waals surface area contributed by atoms with Crippen LogP contribution in [0.3, 0.4) is 0 Å². The average molecular weight is 252 g/mol. The normalized spacial score (nSPS) is 10.5. The number of carboxylic acid groups (broad SMARTS) is 1. The Labute approximate surface area is 97.8 Å². The van der Waals surface area contributed by atoms with E-state index in [9.17, 15) is 9.59 Å². The molecule has 0 bridgehead atoms. The Morgan fingerprint density at radius 2 is 1.94 bits per heavy atom. The van der Waals surface area contributed by atoms with Crippen LogP contribution in [0.1, 0.15) is 6.92 Å². The lowest BCUT2D eigenvalue weighted by molar-refractivity contribution is -0.140. The zero-order chi connectivity index (χ0) is 13.3. The molecule has 16 heavy (non-hydrogen) atoms. The lowest BCUT2D eigenvalue weighted by Crippen LogP contribution is -2.47. The molecule has 0 saturated heterocycles. The van der Waals surface area contributed by atoms with Crippen molar-refractivity contribution in [2.45, 2.75) is 13.0 Å². The number of aliphatic carboxylic acids is 1. The fraction of sp³-hybridized carbons (Fsp3) is 0.500. The first kappa shape index (κ1) is 16.9. The Morgan fingerprint density at radius 1 is 1.56 bits per heavy atom. The number of nitrogens with two attached hydrogens (primary N) is 3. The predicted molar refractivity (Wildman–Crippen MR) is 61.2 cm³/mol. The molecule has 0 spiro atoms. The summed E-state index contributed by atoms with van der Waals surface area (Å²) in [7, 11) is 0. The molecule has 1 atom stereocenters. The quantitative estimate of drug-likeness (QED) is 0.0950. The van der Waals surface area contributed by atoms with Crippen molar-refractivity contribution in [1.29, 1.82) is 5.41 Å². The number of amides is 1. The number of rotatable bonds is 3. The topological polar surface area (TPSA) is 172 Å². The maximum Gasteiger partial charge on any atom is 0.327 e. The monoisotopic (exact) mass is 252 g/mol. The number of carbonyl (C=O) groups is 2. The van der Waals surface area contributed by atoms with E-state index in [1.54, 1.807) is 0 Å². The van der Waals surface area contributed by atoms with E-state index in [0.29, 0.717) is 5.12 Å². The van der Waals surface area contributed by atoms with Gasteiger partial charge in [0.05, 0.1) is 0 Å². The predicted octanol–water partition coefficient (Wildman–Crippen LogP) is -2.57. The molecular formula is C6H16N6O3S. The van der Waals surface area contributed by atoms with Gasteiger partial charge in [0.2, 0.25) is 11.9 Å². The molecule has 0 aliphatic carbocycles. The van der Waals surface area contributed by atoms with Gasteiger partial charge in [-0.2, -0.15) is 12.6 Å². The zero-order valence-corrected chi connectivity index (χ0v) is 9.57. The summed E-state index contributed by atoms with van der Waals surface area (Å²) in [5, 5.41) is 17.5. The van der Waals surface area contributed by atoms with Gasteiger partial charge in [0.25, 0.3) is 0 Å². The van der Waals surface area contributed by atoms with Crippen molar-refractivity contribution in [2.24, 2.45) is 17.4 Å². The first-order chi connectivity index (χ1) is 7.22. The summed E-state index contributed by atoms with van der Waals surface area (Å²) in [5.74, 6) is 7.72. The van der Waals surface area contributed by atoms with Gasteiger partial charge in [-0.1, -0.05) is 0 Å². The standard InChI is InChI=1S/C5H9NO3S.CH7N5/c1-3(7)6-4(2-10)5(8)9;2-1(3)6(4)5/h4,10H,2H2,1H3,(H,6,7)(H,8,9);4-5H2,(H3,2,3). The van der Waals surface area contributed by atoms with Gasteiger partial charge in [0.15, 0.2) is 0 Å². The third kappa shape index (κ3) is 10.6. The highest BCUT2D eigenvalue weighted by molar-refractivity contribution is 7.80. The average Bonchev–Trinajstić information content (AvgIpc) is 2.14. The Morgan fingerprint density at radius 3 is 2.00 bits per heavy atom. The van der Waals surface area contributed by atoms with E-state index < -0.39 is 12.0 Å². The minimum absolute atomic E-state index is 0.106. The number of carboxylic acids is 1. The van der Waals surface area contributed by atoms with Crippen LogP contribution in [-0.2, 0) is 9.59 Å². The number of hydrogen-bond donors (Lipinski definition) is 7. The Hall–Kier alpha value is -1.52. The van der Waals surface area contributed by atoms with Crippen LogP contribution >= 0.6 is 12.6 Å². The molecule has 0 saturated carbocycles. The van der Waals surface area contributed by atoms with Crippen LogP contribution in [0, 0.1) is 5.41 Å². The first-order valence-corrected chi connectivity index (χ1v) is 4.59. The first-order valence-electron chi connectivity index (χ1n) is 3.96. The summed E-state index contributed by atoms with van der Waals surface area (Å²) in [6.45, 7) is 1.26. The maximum atomic E-state index is 10.3. The van der Waals surface area contributed by atoms with Crippen molar-refractivity contribution in [3.63, 3.8) is 0 Å². The number of carbonyl (C=O) groups excluding carboxylic acids is 1. The molecule has 94 valence electrons. The largest absolute Gasteiger partial charge is 0.480 e. The number of thiol groups is 1. The van der Waals surface area contributed by atoms with Crippen LogP contribution in [0.5, 0.6) is 0 Å². The second kappa shape index (κ2) is 8.76. The van der Waals surface area contributed by atoms with Crippen LogP contribution in [0.4, 0.5) is 0 Å². The van der Waals surface area contributed by atoms with E-state index in [4.69, 9.17) is 27.9 Å². The fourth-order valence-electron chi connectivity index (χ4n) is 0.431. The molecule has 0 aromatic carbocycles. The zero-order valence-electron chi connectivity index (χ0n) is 8.67. The number of nitrogens with one attached hydrogen (secondary N) is 2. The minimum atomic E-state index is -1.06. The van der Waals surface area contributed by atoms with Gasteiger partial charge in [0, 0.05) is 12.7 Å². The van der Waals surface area contributed by atoms with Crippen LogP contribution < -0.4 is 22.7 Å². The molecule has 9 nitrogen and oxygen atoms in total. The molecule has 0 heterocycles. The highest BCUT2D eigenvalue weighted by Gasteiger charge is 2.15. The second-order valence-electron chi connectivity index (χ2n) is 2.57. The number of guanidine groups is 1. The molecule has 0 rings (SSSR count). The van der Waals surface area contributed by atoms with Gasteiger partial charge in [0.1, 0.15) is 6.04 Å². The Kier molecular flexibility index (Phi) is 9.25. The molecule has 0 aliphatic rings. The molecule has 0 aromatic rings. The van der Waals surface area contributed by atoms with E-state index in [1.807, 2.05) is 0 Å². The summed E-state index contributed by atoms with van der Waals surface area (Å²) < 4.78 is 0. The van der Waals surface area contributed by atoms with Gasteiger partial charge in [-0.05, 0) is 0 Å². The summed E-state index contributed by atoms with van der Waals surface area (Å²) in [6, 6.07) is -0.874. The number of hydrogen-bond acceptors (Lipinski definition) is 6. The van der Waals surface area contributed by atoms with Gasteiger partial charge in [-0.3, -0.25) is 10.2 Å². The number of nitrogens with zero attached hydrogens (tertiary/aromatic N) is 1. The molecule has 1 unspecified atom stereocenters. The second-order valence-corrected chi connectivity index (χ2v) is 2.93. The molecule has 0 aromatic heterocycles. The lowest BCUT2D eigenvalue weighted by Gasteiger charge is -2.08. The molecule has 0 radical (unpaired) electrons. The van der Waals surface area contributed by atoms with Gasteiger partial charge in [-0.15, -0.1) is 0 Å².